The molecule has 1 aromatic rings. The van der Waals surface area contributed by atoms with Gasteiger partial charge in [0.15, 0.2) is 11.0 Å². The van der Waals surface area contributed by atoms with Crippen LogP contribution in [-0.2, 0) is 4.79 Å². The molecular weight excluding hydrogens is 240 g/mol. The summed E-state index contributed by atoms with van der Waals surface area (Å²) in [5.41, 5.74) is 1.68. The molecule has 1 aliphatic rings. The van der Waals surface area contributed by atoms with E-state index < -0.39 is 0 Å². The summed E-state index contributed by atoms with van der Waals surface area (Å²) in [6, 6.07) is 0.155. The maximum Gasteiger partial charge on any atom is 0.220 e. The molecule has 0 bridgehead atoms. The Labute approximate surface area is 105 Å². The molecule has 17 heavy (non-hydrogen) atoms. The second kappa shape index (κ2) is 4.87. The third-order valence-corrected chi connectivity index (χ3v) is 3.13. The number of nitrogens with zero attached hydrogens (tertiary/aromatic N) is 2. The monoisotopic (exact) mass is 254 g/mol. The number of aromatic nitrogens is 2. The van der Waals surface area contributed by atoms with Gasteiger partial charge in [-0.15, -0.1) is 0 Å². The predicted octanol–water partition coefficient (Wildman–Crippen LogP) is 1.44. The molecule has 0 aromatic carbocycles. The van der Waals surface area contributed by atoms with E-state index in [-0.39, 0.29) is 11.9 Å². The summed E-state index contributed by atoms with van der Waals surface area (Å²) in [5, 5.41) is 6.37. The first-order chi connectivity index (χ1) is 8.06. The number of hydrogen-bond donors (Lipinski definition) is 2. The molecule has 2 N–H and O–H groups in total. The van der Waals surface area contributed by atoms with Gasteiger partial charge in [0, 0.05) is 19.0 Å². The zero-order valence-electron chi connectivity index (χ0n) is 9.88. The molecule has 1 atom stereocenters. The standard InChI is InChI=1S/C11H15ClN4O/c1-6-7(2)15-11(10(12)14-6)13-5-8-3-4-9(17)16-8/h8H,3-5H2,1-2H3,(H,13,15)(H,16,17). The van der Waals surface area contributed by atoms with Gasteiger partial charge in [-0.05, 0) is 20.3 Å². The van der Waals surface area contributed by atoms with Crippen molar-refractivity contribution in [3.8, 4) is 0 Å². The lowest BCUT2D eigenvalue weighted by atomic mass is 10.2. The summed E-state index contributed by atoms with van der Waals surface area (Å²) < 4.78 is 0. The summed E-state index contributed by atoms with van der Waals surface area (Å²) >= 11 is 5.99. The Morgan fingerprint density at radius 1 is 1.41 bits per heavy atom. The van der Waals surface area contributed by atoms with Crippen molar-refractivity contribution in [2.24, 2.45) is 0 Å². The van der Waals surface area contributed by atoms with Crippen LogP contribution in [0.15, 0.2) is 0 Å². The van der Waals surface area contributed by atoms with Crippen molar-refractivity contribution in [3.63, 3.8) is 0 Å². The van der Waals surface area contributed by atoms with E-state index in [1.165, 1.54) is 0 Å². The van der Waals surface area contributed by atoms with E-state index in [4.69, 9.17) is 11.6 Å². The summed E-state index contributed by atoms with van der Waals surface area (Å²) in [6.07, 6.45) is 1.44. The van der Waals surface area contributed by atoms with Crippen molar-refractivity contribution >= 4 is 23.3 Å². The molecule has 6 heteroatoms. The first kappa shape index (κ1) is 12.1. The van der Waals surface area contributed by atoms with Crippen LogP contribution in [0.25, 0.3) is 0 Å². The molecule has 1 unspecified atom stereocenters. The van der Waals surface area contributed by atoms with Gasteiger partial charge in [0.05, 0.1) is 11.4 Å². The van der Waals surface area contributed by atoms with E-state index in [2.05, 4.69) is 20.6 Å². The maximum absolute atomic E-state index is 11.0. The van der Waals surface area contributed by atoms with Gasteiger partial charge < -0.3 is 10.6 Å². The Morgan fingerprint density at radius 2 is 2.12 bits per heavy atom. The van der Waals surface area contributed by atoms with Crippen molar-refractivity contribution in [1.82, 2.24) is 15.3 Å². The van der Waals surface area contributed by atoms with Gasteiger partial charge in [-0.25, -0.2) is 9.97 Å². The average Bonchev–Trinajstić information content (AvgIpc) is 2.68. The number of amides is 1. The van der Waals surface area contributed by atoms with E-state index in [1.54, 1.807) is 0 Å². The number of hydrogen-bond acceptors (Lipinski definition) is 4. The van der Waals surface area contributed by atoms with Gasteiger partial charge in [-0.1, -0.05) is 11.6 Å². The quantitative estimate of drug-likeness (QED) is 0.857. The van der Waals surface area contributed by atoms with E-state index in [1.807, 2.05) is 13.8 Å². The van der Waals surface area contributed by atoms with Crippen molar-refractivity contribution < 1.29 is 4.79 Å². The lowest BCUT2D eigenvalue weighted by Gasteiger charge is -2.13. The van der Waals surface area contributed by atoms with Crippen LogP contribution in [0.1, 0.15) is 24.2 Å². The second-order valence-electron chi connectivity index (χ2n) is 4.22. The molecule has 0 spiro atoms. The highest BCUT2D eigenvalue weighted by atomic mass is 35.5. The van der Waals surface area contributed by atoms with E-state index in [0.717, 1.165) is 17.8 Å². The Morgan fingerprint density at radius 3 is 2.76 bits per heavy atom. The number of carbonyl (C=O) groups excluding carboxylic acids is 1. The molecule has 1 aromatic heterocycles. The highest BCUT2D eigenvalue weighted by molar-refractivity contribution is 6.31. The van der Waals surface area contributed by atoms with Gasteiger partial charge >= 0.3 is 0 Å². The Hall–Kier alpha value is -1.36. The highest BCUT2D eigenvalue weighted by Gasteiger charge is 2.20. The predicted molar refractivity (Wildman–Crippen MR) is 66.2 cm³/mol. The van der Waals surface area contributed by atoms with Crippen LogP contribution >= 0.6 is 11.6 Å². The summed E-state index contributed by atoms with van der Waals surface area (Å²) in [4.78, 5) is 19.6. The van der Waals surface area contributed by atoms with Crippen molar-refractivity contribution in [3.05, 3.63) is 16.5 Å². The molecule has 2 heterocycles. The minimum atomic E-state index is 0.106. The fourth-order valence-electron chi connectivity index (χ4n) is 1.74. The van der Waals surface area contributed by atoms with Gasteiger partial charge in [-0.2, -0.15) is 0 Å². The summed E-state index contributed by atoms with van der Waals surface area (Å²) in [7, 11) is 0. The number of carbonyl (C=O) groups is 1. The first-order valence-corrected chi connectivity index (χ1v) is 5.98. The number of nitrogens with one attached hydrogen (secondary N) is 2. The van der Waals surface area contributed by atoms with Crippen molar-refractivity contribution in [2.45, 2.75) is 32.7 Å². The molecular formula is C11H15ClN4O. The zero-order chi connectivity index (χ0) is 12.4. The molecule has 1 amide bonds. The summed E-state index contributed by atoms with van der Waals surface area (Å²) in [6.45, 7) is 4.39. The van der Waals surface area contributed by atoms with Gasteiger partial charge in [0.1, 0.15) is 0 Å². The topological polar surface area (TPSA) is 66.9 Å². The fourth-order valence-corrected chi connectivity index (χ4v) is 1.97. The second-order valence-corrected chi connectivity index (χ2v) is 4.58. The van der Waals surface area contributed by atoms with Crippen LogP contribution in [0.5, 0.6) is 0 Å². The van der Waals surface area contributed by atoms with Crippen molar-refractivity contribution in [1.29, 1.82) is 0 Å². The van der Waals surface area contributed by atoms with Crippen LogP contribution in [0.4, 0.5) is 5.82 Å². The maximum atomic E-state index is 11.0. The highest BCUT2D eigenvalue weighted by Crippen LogP contribution is 2.18. The van der Waals surface area contributed by atoms with E-state index in [9.17, 15) is 4.79 Å². The molecule has 0 saturated carbocycles. The number of rotatable bonds is 3. The minimum Gasteiger partial charge on any atom is -0.365 e. The number of halogens is 1. The molecule has 0 radical (unpaired) electrons. The molecule has 0 aliphatic carbocycles. The third kappa shape index (κ3) is 2.85. The normalized spacial score (nSPS) is 19.2. The largest absolute Gasteiger partial charge is 0.365 e. The molecule has 1 aliphatic heterocycles. The lowest BCUT2D eigenvalue weighted by Crippen LogP contribution is -2.32. The van der Waals surface area contributed by atoms with Crippen molar-refractivity contribution in [2.75, 3.05) is 11.9 Å². The molecule has 1 fully saturated rings. The van der Waals surface area contributed by atoms with Crippen LogP contribution in [0.2, 0.25) is 5.15 Å². The van der Waals surface area contributed by atoms with Crippen LogP contribution in [0, 0.1) is 13.8 Å². The average molecular weight is 255 g/mol. The summed E-state index contributed by atoms with van der Waals surface area (Å²) in [5.74, 6) is 0.685. The number of aryl methyl sites for hydroxylation is 2. The molecule has 92 valence electrons. The smallest absolute Gasteiger partial charge is 0.220 e. The Balaban J connectivity index is 1.99. The molecule has 1 saturated heterocycles. The van der Waals surface area contributed by atoms with E-state index >= 15 is 0 Å². The molecule has 5 nitrogen and oxygen atoms in total. The Kier molecular flexibility index (Phi) is 3.47. The zero-order valence-corrected chi connectivity index (χ0v) is 10.6. The third-order valence-electron chi connectivity index (χ3n) is 2.87. The lowest BCUT2D eigenvalue weighted by molar-refractivity contribution is -0.119. The van der Waals surface area contributed by atoms with Crippen LogP contribution < -0.4 is 10.6 Å². The minimum absolute atomic E-state index is 0.106. The van der Waals surface area contributed by atoms with Crippen LogP contribution in [-0.4, -0.2) is 28.5 Å². The number of anilines is 1. The Bertz CT molecular complexity index is 449. The first-order valence-electron chi connectivity index (χ1n) is 5.60. The van der Waals surface area contributed by atoms with E-state index in [0.29, 0.717) is 23.9 Å². The van der Waals surface area contributed by atoms with Gasteiger partial charge in [0.25, 0.3) is 0 Å². The van der Waals surface area contributed by atoms with Crippen LogP contribution in [0.3, 0.4) is 0 Å². The van der Waals surface area contributed by atoms with Gasteiger partial charge in [-0.3, -0.25) is 4.79 Å². The molecule has 2 rings (SSSR count). The fraction of sp³-hybridized carbons (Fsp3) is 0.545. The SMILES string of the molecule is Cc1nc(Cl)c(NCC2CCC(=O)N2)nc1C. The van der Waals surface area contributed by atoms with Gasteiger partial charge in [0.2, 0.25) is 5.91 Å².